The number of halogens is 4. The average Bonchev–Trinajstić information content (AvgIpc) is 3.09. The molecule has 0 bridgehead atoms. The molecule has 0 saturated heterocycles. The van der Waals surface area contributed by atoms with Crippen molar-refractivity contribution >= 4 is 23.0 Å². The van der Waals surface area contributed by atoms with Gasteiger partial charge in [0, 0.05) is 37.4 Å². The summed E-state index contributed by atoms with van der Waals surface area (Å²) in [6.07, 6.45) is -1.30. The molecular formula is C21H19F4N3O. The predicted octanol–water partition coefficient (Wildman–Crippen LogP) is 4.42. The minimum Gasteiger partial charge on any atom is -0.354 e. The fourth-order valence-corrected chi connectivity index (χ4v) is 2.92. The van der Waals surface area contributed by atoms with Crippen LogP contribution in [0.2, 0.25) is 0 Å². The Bertz CT molecular complexity index is 1020. The van der Waals surface area contributed by atoms with Gasteiger partial charge in [-0.3, -0.25) is 9.79 Å². The minimum atomic E-state index is -4.76. The van der Waals surface area contributed by atoms with Crippen molar-refractivity contribution in [3.8, 4) is 0 Å². The second kappa shape index (κ2) is 8.89. The summed E-state index contributed by atoms with van der Waals surface area (Å²) in [4.78, 5) is 15.9. The molecule has 1 heterocycles. The first-order valence-corrected chi connectivity index (χ1v) is 9.02. The SMILES string of the molecule is O=C(CCn1ccc2ccccc21)NCCN=Cc1ccc(F)c(C(F)(F)F)c1. The summed E-state index contributed by atoms with van der Waals surface area (Å²) in [6, 6.07) is 12.6. The van der Waals surface area contributed by atoms with Gasteiger partial charge in [0.1, 0.15) is 5.82 Å². The molecule has 8 heteroatoms. The lowest BCUT2D eigenvalue weighted by Gasteiger charge is -2.08. The lowest BCUT2D eigenvalue weighted by Crippen LogP contribution is -2.26. The number of benzene rings is 2. The maximum atomic E-state index is 13.2. The Balaban J connectivity index is 1.44. The molecule has 4 nitrogen and oxygen atoms in total. The molecule has 0 aliphatic rings. The van der Waals surface area contributed by atoms with Gasteiger partial charge in [0.25, 0.3) is 0 Å². The minimum absolute atomic E-state index is 0.140. The van der Waals surface area contributed by atoms with Gasteiger partial charge in [-0.05, 0) is 35.2 Å². The topological polar surface area (TPSA) is 46.4 Å². The zero-order chi connectivity index (χ0) is 20.9. The van der Waals surface area contributed by atoms with Crippen LogP contribution in [0.3, 0.4) is 0 Å². The highest BCUT2D eigenvalue weighted by Crippen LogP contribution is 2.31. The lowest BCUT2D eigenvalue weighted by molar-refractivity contribution is -0.140. The van der Waals surface area contributed by atoms with Crippen LogP contribution in [0, 0.1) is 5.82 Å². The van der Waals surface area contributed by atoms with Crippen LogP contribution in [0.1, 0.15) is 17.5 Å². The number of aliphatic imine (C=N–C) groups is 1. The number of aryl methyl sites for hydroxylation is 1. The maximum absolute atomic E-state index is 13.2. The van der Waals surface area contributed by atoms with Gasteiger partial charge in [-0.15, -0.1) is 0 Å². The number of amides is 1. The van der Waals surface area contributed by atoms with E-state index in [-0.39, 0.29) is 24.6 Å². The number of rotatable bonds is 7. The quantitative estimate of drug-likeness (QED) is 0.353. The number of fused-ring (bicyclic) bond motifs is 1. The smallest absolute Gasteiger partial charge is 0.354 e. The molecule has 2 aromatic carbocycles. The van der Waals surface area contributed by atoms with Gasteiger partial charge in [-0.25, -0.2) is 4.39 Å². The van der Waals surface area contributed by atoms with Crippen LogP contribution in [0.5, 0.6) is 0 Å². The number of alkyl halides is 3. The fraction of sp³-hybridized carbons (Fsp3) is 0.238. The summed E-state index contributed by atoms with van der Waals surface area (Å²) < 4.78 is 53.3. The van der Waals surface area contributed by atoms with Crippen LogP contribution in [-0.4, -0.2) is 29.8 Å². The summed E-state index contributed by atoms with van der Waals surface area (Å²) in [5.41, 5.74) is -0.126. The third kappa shape index (κ3) is 5.43. The predicted molar refractivity (Wildman–Crippen MR) is 103 cm³/mol. The number of para-hydroxylation sites is 1. The highest BCUT2D eigenvalue weighted by molar-refractivity contribution is 5.81. The molecule has 3 rings (SSSR count). The van der Waals surface area contributed by atoms with Crippen molar-refractivity contribution in [1.29, 1.82) is 0 Å². The van der Waals surface area contributed by atoms with Gasteiger partial charge >= 0.3 is 6.18 Å². The van der Waals surface area contributed by atoms with E-state index >= 15 is 0 Å². The summed E-state index contributed by atoms with van der Waals surface area (Å²) in [5, 5.41) is 3.83. The average molecular weight is 405 g/mol. The van der Waals surface area contributed by atoms with Crippen LogP contribution in [0.25, 0.3) is 10.9 Å². The number of aromatic nitrogens is 1. The molecular weight excluding hydrogens is 386 g/mol. The maximum Gasteiger partial charge on any atom is 0.419 e. The first-order chi connectivity index (χ1) is 13.8. The molecule has 1 N–H and O–H groups in total. The molecule has 0 aliphatic heterocycles. The van der Waals surface area contributed by atoms with Gasteiger partial charge < -0.3 is 9.88 Å². The van der Waals surface area contributed by atoms with Gasteiger partial charge in [0.15, 0.2) is 0 Å². The Kier molecular flexibility index (Phi) is 6.31. The number of hydrogen-bond donors (Lipinski definition) is 1. The van der Waals surface area contributed by atoms with Crippen LogP contribution in [-0.2, 0) is 17.5 Å². The van der Waals surface area contributed by atoms with Crippen LogP contribution in [0.15, 0.2) is 59.7 Å². The van der Waals surface area contributed by atoms with Gasteiger partial charge in [0.2, 0.25) is 5.91 Å². The monoisotopic (exact) mass is 405 g/mol. The summed E-state index contributed by atoms with van der Waals surface area (Å²) in [5.74, 6) is -1.46. The Morgan fingerprint density at radius 2 is 1.93 bits per heavy atom. The van der Waals surface area contributed by atoms with Crippen molar-refractivity contribution < 1.29 is 22.4 Å². The number of carbonyl (C=O) groups excluding carboxylic acids is 1. The van der Waals surface area contributed by atoms with E-state index < -0.39 is 17.6 Å². The molecule has 0 spiro atoms. The molecule has 0 atom stereocenters. The van der Waals surface area contributed by atoms with Crippen molar-refractivity contribution in [2.75, 3.05) is 13.1 Å². The third-order valence-corrected chi connectivity index (χ3v) is 4.36. The second-order valence-corrected chi connectivity index (χ2v) is 6.44. The standard InChI is InChI=1S/C21H19F4N3O/c22-18-6-5-15(13-17(18)21(23,24)25)14-26-9-10-27-20(29)8-12-28-11-7-16-3-1-2-4-19(16)28/h1-7,11,13-14H,8-10,12H2,(H,27,29). The molecule has 0 fully saturated rings. The van der Waals surface area contributed by atoms with E-state index in [1.165, 1.54) is 12.3 Å². The van der Waals surface area contributed by atoms with Crippen LogP contribution < -0.4 is 5.32 Å². The summed E-state index contributed by atoms with van der Waals surface area (Å²) >= 11 is 0. The Labute approximate surface area is 164 Å². The van der Waals surface area contributed by atoms with Gasteiger partial charge in [-0.2, -0.15) is 13.2 Å². The Hall–Kier alpha value is -3.16. The molecule has 29 heavy (non-hydrogen) atoms. The van der Waals surface area contributed by atoms with E-state index in [0.717, 1.165) is 17.0 Å². The molecule has 1 aromatic heterocycles. The van der Waals surface area contributed by atoms with Crippen molar-refractivity contribution in [3.63, 3.8) is 0 Å². The molecule has 3 aromatic rings. The second-order valence-electron chi connectivity index (χ2n) is 6.44. The first-order valence-electron chi connectivity index (χ1n) is 9.02. The van der Waals surface area contributed by atoms with Crippen LogP contribution >= 0.6 is 0 Å². The Morgan fingerprint density at radius 1 is 1.14 bits per heavy atom. The largest absolute Gasteiger partial charge is 0.419 e. The van der Waals surface area contributed by atoms with Gasteiger partial charge in [-0.1, -0.05) is 24.3 Å². The number of nitrogens with zero attached hydrogens (tertiary/aromatic N) is 2. The molecule has 0 unspecified atom stereocenters. The fourth-order valence-electron chi connectivity index (χ4n) is 2.92. The number of hydrogen-bond acceptors (Lipinski definition) is 2. The van der Waals surface area contributed by atoms with Crippen molar-refractivity contribution in [3.05, 3.63) is 71.7 Å². The zero-order valence-electron chi connectivity index (χ0n) is 15.4. The van der Waals surface area contributed by atoms with E-state index in [9.17, 15) is 22.4 Å². The Morgan fingerprint density at radius 3 is 2.72 bits per heavy atom. The van der Waals surface area contributed by atoms with Crippen molar-refractivity contribution in [2.24, 2.45) is 4.99 Å². The van der Waals surface area contributed by atoms with Gasteiger partial charge in [0.05, 0.1) is 12.1 Å². The van der Waals surface area contributed by atoms with E-state index in [1.807, 2.05) is 41.1 Å². The van der Waals surface area contributed by atoms with E-state index in [2.05, 4.69) is 10.3 Å². The molecule has 152 valence electrons. The van der Waals surface area contributed by atoms with E-state index in [4.69, 9.17) is 0 Å². The normalized spacial score (nSPS) is 12.0. The third-order valence-electron chi connectivity index (χ3n) is 4.36. The lowest BCUT2D eigenvalue weighted by atomic mass is 10.1. The number of nitrogens with one attached hydrogen (secondary N) is 1. The molecule has 0 radical (unpaired) electrons. The highest BCUT2D eigenvalue weighted by atomic mass is 19.4. The molecule has 1 amide bonds. The van der Waals surface area contributed by atoms with E-state index in [0.29, 0.717) is 19.0 Å². The van der Waals surface area contributed by atoms with Crippen molar-refractivity contribution in [1.82, 2.24) is 9.88 Å². The highest BCUT2D eigenvalue weighted by Gasteiger charge is 2.34. The first kappa shape index (κ1) is 20.6. The summed E-state index contributed by atoms with van der Waals surface area (Å²) in [6.45, 7) is 1.00. The van der Waals surface area contributed by atoms with Crippen LogP contribution in [0.4, 0.5) is 17.6 Å². The summed E-state index contributed by atoms with van der Waals surface area (Å²) in [7, 11) is 0. The molecule has 0 saturated carbocycles. The van der Waals surface area contributed by atoms with E-state index in [1.54, 1.807) is 0 Å². The number of carbonyl (C=O) groups is 1. The van der Waals surface area contributed by atoms with Crippen molar-refractivity contribution in [2.45, 2.75) is 19.1 Å². The molecule has 0 aliphatic carbocycles. The zero-order valence-corrected chi connectivity index (χ0v) is 15.4.